The molecule has 1 amide bonds. The van der Waals surface area contributed by atoms with Gasteiger partial charge in [-0.15, -0.1) is 0 Å². The Morgan fingerprint density at radius 1 is 1.29 bits per heavy atom. The van der Waals surface area contributed by atoms with Crippen molar-refractivity contribution in [3.8, 4) is 11.8 Å². The van der Waals surface area contributed by atoms with E-state index in [4.69, 9.17) is 34.7 Å². The highest BCUT2D eigenvalue weighted by Crippen LogP contribution is 2.26. The van der Waals surface area contributed by atoms with Gasteiger partial charge in [0.15, 0.2) is 0 Å². The van der Waals surface area contributed by atoms with Crippen LogP contribution in [-0.2, 0) is 4.79 Å². The summed E-state index contributed by atoms with van der Waals surface area (Å²) in [5.41, 5.74) is 11.1. The fraction of sp³-hybridized carbons (Fsp3) is 0. The molecule has 1 rings (SSSR count). The standard InChI is InChI=1S/C9H6Cl2N2O/c10-6-4-8(12)7(11)3-5(6)1-2-9(13)14/h3-4H,12H2,(H2,13,14). The van der Waals surface area contributed by atoms with E-state index < -0.39 is 5.91 Å². The lowest BCUT2D eigenvalue weighted by molar-refractivity contribution is -0.112. The summed E-state index contributed by atoms with van der Waals surface area (Å²) in [5, 5.41) is 0.670. The Bertz CT molecular complexity index is 446. The van der Waals surface area contributed by atoms with Crippen LogP contribution in [0.15, 0.2) is 12.1 Å². The van der Waals surface area contributed by atoms with E-state index >= 15 is 0 Å². The summed E-state index contributed by atoms with van der Waals surface area (Å²) in [6, 6.07) is 2.95. The van der Waals surface area contributed by atoms with Gasteiger partial charge in [0.25, 0.3) is 5.91 Å². The molecular weight excluding hydrogens is 223 g/mol. The predicted molar refractivity (Wildman–Crippen MR) is 56.9 cm³/mol. The molecular formula is C9H6Cl2N2O. The van der Waals surface area contributed by atoms with Gasteiger partial charge in [0.2, 0.25) is 0 Å². The van der Waals surface area contributed by atoms with Crippen molar-refractivity contribution < 1.29 is 4.79 Å². The van der Waals surface area contributed by atoms with Crippen molar-refractivity contribution in [1.82, 2.24) is 0 Å². The second-order valence-corrected chi connectivity index (χ2v) is 3.28. The number of halogens is 2. The van der Waals surface area contributed by atoms with Gasteiger partial charge in [-0.3, -0.25) is 4.79 Å². The first-order valence-electron chi connectivity index (χ1n) is 3.56. The normalized spacial score (nSPS) is 9.00. The summed E-state index contributed by atoms with van der Waals surface area (Å²) in [7, 11) is 0. The number of amides is 1. The molecule has 0 saturated heterocycles. The van der Waals surface area contributed by atoms with Crippen LogP contribution in [0, 0.1) is 11.8 Å². The number of primary amides is 1. The predicted octanol–water partition coefficient (Wildman–Crippen LogP) is 1.41. The van der Waals surface area contributed by atoms with E-state index in [0.29, 0.717) is 21.3 Å². The van der Waals surface area contributed by atoms with Crippen molar-refractivity contribution in [3.63, 3.8) is 0 Å². The maximum Gasteiger partial charge on any atom is 0.293 e. The molecule has 72 valence electrons. The van der Waals surface area contributed by atoms with Crippen molar-refractivity contribution in [3.05, 3.63) is 27.7 Å². The van der Waals surface area contributed by atoms with Crippen LogP contribution in [0.1, 0.15) is 5.56 Å². The van der Waals surface area contributed by atoms with Crippen LogP contribution >= 0.6 is 23.2 Å². The van der Waals surface area contributed by atoms with Gasteiger partial charge in [-0.25, -0.2) is 0 Å². The van der Waals surface area contributed by atoms with Crippen LogP contribution in [-0.4, -0.2) is 5.91 Å². The fourth-order valence-electron chi connectivity index (χ4n) is 0.787. The molecule has 0 unspecified atom stereocenters. The van der Waals surface area contributed by atoms with E-state index in [0.717, 1.165) is 0 Å². The first-order valence-corrected chi connectivity index (χ1v) is 4.32. The molecule has 0 heterocycles. The smallest absolute Gasteiger partial charge is 0.293 e. The second-order valence-electron chi connectivity index (χ2n) is 2.47. The zero-order chi connectivity index (χ0) is 10.7. The van der Waals surface area contributed by atoms with E-state index in [-0.39, 0.29) is 0 Å². The molecule has 4 N–H and O–H groups in total. The Kier molecular flexibility index (Phi) is 3.23. The molecule has 0 aliphatic rings. The Hall–Kier alpha value is -1.37. The van der Waals surface area contributed by atoms with Crippen molar-refractivity contribution in [2.24, 2.45) is 5.73 Å². The minimum absolute atomic E-state index is 0.334. The maximum atomic E-state index is 10.4. The van der Waals surface area contributed by atoms with Gasteiger partial charge in [-0.2, -0.15) is 0 Å². The minimum atomic E-state index is -0.728. The third-order valence-corrected chi connectivity index (χ3v) is 2.05. The van der Waals surface area contributed by atoms with Gasteiger partial charge < -0.3 is 11.5 Å². The molecule has 3 nitrogen and oxygen atoms in total. The monoisotopic (exact) mass is 228 g/mol. The fourth-order valence-corrected chi connectivity index (χ4v) is 1.17. The summed E-state index contributed by atoms with van der Waals surface area (Å²) in [6.45, 7) is 0. The van der Waals surface area contributed by atoms with Crippen LogP contribution in [0.25, 0.3) is 0 Å². The highest BCUT2D eigenvalue weighted by molar-refractivity contribution is 6.35. The van der Waals surface area contributed by atoms with E-state index in [1.807, 2.05) is 0 Å². The first-order chi connectivity index (χ1) is 6.50. The molecule has 0 aromatic heterocycles. The van der Waals surface area contributed by atoms with Gasteiger partial charge in [0, 0.05) is 11.5 Å². The van der Waals surface area contributed by atoms with E-state index in [1.54, 1.807) is 0 Å². The van der Waals surface area contributed by atoms with Crippen molar-refractivity contribution in [1.29, 1.82) is 0 Å². The Labute approximate surface area is 91.0 Å². The molecule has 0 aliphatic carbocycles. The number of benzene rings is 1. The molecule has 0 aliphatic heterocycles. The zero-order valence-corrected chi connectivity index (χ0v) is 8.49. The van der Waals surface area contributed by atoms with E-state index in [1.165, 1.54) is 12.1 Å². The number of carbonyl (C=O) groups is 1. The van der Waals surface area contributed by atoms with Gasteiger partial charge in [-0.1, -0.05) is 29.1 Å². The SMILES string of the molecule is NC(=O)C#Cc1cc(Cl)c(N)cc1Cl. The van der Waals surface area contributed by atoms with Crippen molar-refractivity contribution >= 4 is 34.8 Å². The number of nitrogens with two attached hydrogens (primary N) is 2. The van der Waals surface area contributed by atoms with Crippen LogP contribution in [0.5, 0.6) is 0 Å². The highest BCUT2D eigenvalue weighted by Gasteiger charge is 2.02. The number of carbonyl (C=O) groups excluding carboxylic acids is 1. The molecule has 0 atom stereocenters. The lowest BCUT2D eigenvalue weighted by Crippen LogP contribution is -2.06. The summed E-state index contributed by atoms with van der Waals surface area (Å²) in [4.78, 5) is 10.4. The average Bonchev–Trinajstić information content (AvgIpc) is 2.09. The average molecular weight is 229 g/mol. The number of hydrogen-bond acceptors (Lipinski definition) is 2. The molecule has 0 fully saturated rings. The summed E-state index contributed by atoms with van der Waals surface area (Å²) >= 11 is 11.5. The summed E-state index contributed by atoms with van der Waals surface area (Å²) in [5.74, 6) is 3.91. The van der Waals surface area contributed by atoms with Crippen molar-refractivity contribution in [2.75, 3.05) is 5.73 Å². The van der Waals surface area contributed by atoms with Crippen LogP contribution in [0.2, 0.25) is 10.0 Å². The minimum Gasteiger partial charge on any atom is -0.397 e. The number of anilines is 1. The van der Waals surface area contributed by atoms with Gasteiger partial charge in [0.1, 0.15) is 0 Å². The Morgan fingerprint density at radius 2 is 1.93 bits per heavy atom. The third-order valence-electron chi connectivity index (χ3n) is 1.41. The van der Waals surface area contributed by atoms with Crippen molar-refractivity contribution in [2.45, 2.75) is 0 Å². The lowest BCUT2D eigenvalue weighted by atomic mass is 10.2. The zero-order valence-electron chi connectivity index (χ0n) is 6.97. The topological polar surface area (TPSA) is 69.1 Å². The Balaban J connectivity index is 3.18. The molecule has 1 aromatic carbocycles. The largest absolute Gasteiger partial charge is 0.397 e. The number of hydrogen-bond donors (Lipinski definition) is 2. The van der Waals surface area contributed by atoms with E-state index in [9.17, 15) is 4.79 Å². The molecule has 1 aromatic rings. The third kappa shape index (κ3) is 2.56. The summed E-state index contributed by atoms with van der Waals surface area (Å²) in [6.07, 6.45) is 0. The molecule has 5 heteroatoms. The van der Waals surface area contributed by atoms with Crippen LogP contribution < -0.4 is 11.5 Å². The second kappa shape index (κ2) is 4.23. The molecule has 0 spiro atoms. The Morgan fingerprint density at radius 3 is 2.50 bits per heavy atom. The number of rotatable bonds is 0. The van der Waals surface area contributed by atoms with Crippen LogP contribution in [0.4, 0.5) is 5.69 Å². The number of nitrogen functional groups attached to an aromatic ring is 1. The quantitative estimate of drug-likeness (QED) is 0.521. The molecule has 0 saturated carbocycles. The van der Waals surface area contributed by atoms with Gasteiger partial charge in [-0.05, 0) is 12.1 Å². The first kappa shape index (κ1) is 10.7. The van der Waals surface area contributed by atoms with Gasteiger partial charge in [0.05, 0.1) is 15.7 Å². The molecule has 14 heavy (non-hydrogen) atoms. The molecule has 0 radical (unpaired) electrons. The van der Waals surface area contributed by atoms with E-state index in [2.05, 4.69) is 11.8 Å². The van der Waals surface area contributed by atoms with Crippen LogP contribution in [0.3, 0.4) is 0 Å². The summed E-state index contributed by atoms with van der Waals surface area (Å²) < 4.78 is 0. The lowest BCUT2D eigenvalue weighted by Gasteiger charge is -2.00. The molecule has 0 bridgehead atoms. The maximum absolute atomic E-state index is 10.4. The highest BCUT2D eigenvalue weighted by atomic mass is 35.5. The van der Waals surface area contributed by atoms with Gasteiger partial charge >= 0.3 is 0 Å².